The monoisotopic (exact) mass is 496 g/mol. The first kappa shape index (κ1) is 31.3. The lowest BCUT2D eigenvalue weighted by atomic mass is 10.0. The molecule has 0 aliphatic heterocycles. The van der Waals surface area contributed by atoms with E-state index in [1.54, 1.807) is 0 Å². The van der Waals surface area contributed by atoms with Crippen molar-refractivity contribution in [2.45, 2.75) is 34.6 Å². The molecular weight excluding hydrogens is 455 g/mol. The van der Waals surface area contributed by atoms with Crippen LogP contribution in [0, 0.1) is 0 Å². The second-order valence-corrected chi connectivity index (χ2v) is 7.67. The van der Waals surface area contributed by atoms with Crippen molar-refractivity contribution in [1.82, 2.24) is 9.80 Å². The lowest BCUT2D eigenvalue weighted by Crippen LogP contribution is -2.27. The number of nitrogens with zero attached hydrogens (tertiary/aromatic N) is 2. The van der Waals surface area contributed by atoms with E-state index in [-0.39, 0.29) is 24.8 Å². The average molecular weight is 498 g/mol. The van der Waals surface area contributed by atoms with E-state index in [9.17, 15) is 0 Å². The van der Waals surface area contributed by atoms with Gasteiger partial charge in [-0.2, -0.15) is 0 Å². The summed E-state index contributed by atoms with van der Waals surface area (Å²) in [5.74, 6) is 1.85. The first-order chi connectivity index (χ1) is 15.1. The number of ether oxygens (including phenoxy) is 2. The summed E-state index contributed by atoms with van der Waals surface area (Å²) in [4.78, 5) is 4.73. The van der Waals surface area contributed by atoms with Crippen molar-refractivity contribution in [1.29, 1.82) is 0 Å². The van der Waals surface area contributed by atoms with E-state index < -0.39 is 0 Å². The van der Waals surface area contributed by atoms with Crippen LogP contribution in [0.2, 0.25) is 0 Å². The van der Waals surface area contributed by atoms with Crippen molar-refractivity contribution < 1.29 is 9.47 Å². The molecule has 6 heteroatoms. The molecule has 0 amide bonds. The quantitative estimate of drug-likeness (QED) is 0.277. The van der Waals surface area contributed by atoms with Crippen molar-refractivity contribution in [2.24, 2.45) is 0 Å². The molecule has 0 fully saturated rings. The van der Waals surface area contributed by atoms with Gasteiger partial charge in [0.05, 0.1) is 0 Å². The molecule has 0 radical (unpaired) electrons. The third-order valence-electron chi connectivity index (χ3n) is 5.71. The van der Waals surface area contributed by atoms with Crippen molar-refractivity contribution in [3.8, 4) is 11.5 Å². The zero-order valence-electron chi connectivity index (χ0n) is 20.9. The van der Waals surface area contributed by atoms with E-state index in [4.69, 9.17) is 9.47 Å². The number of hydrogen-bond donors (Lipinski definition) is 0. The van der Waals surface area contributed by atoms with Gasteiger partial charge < -0.3 is 19.3 Å². The molecule has 0 unspecified atom stereocenters. The Balaban J connectivity index is 0.00000512. The maximum absolute atomic E-state index is 5.89. The van der Waals surface area contributed by atoms with Gasteiger partial charge in [0.25, 0.3) is 0 Å². The summed E-state index contributed by atoms with van der Waals surface area (Å²) in [5.41, 5.74) is 3.61. The van der Waals surface area contributed by atoms with E-state index in [0.717, 1.165) is 64.0 Å². The molecule has 2 aromatic rings. The van der Waals surface area contributed by atoms with Gasteiger partial charge in [0, 0.05) is 13.1 Å². The normalized spacial score (nSPS) is 11.2. The maximum Gasteiger partial charge on any atom is 0.119 e. The number of benzene rings is 2. The zero-order valence-corrected chi connectivity index (χ0v) is 22.5. The van der Waals surface area contributed by atoms with Gasteiger partial charge in [0.2, 0.25) is 0 Å². The smallest absolute Gasteiger partial charge is 0.119 e. The molecule has 186 valence electrons. The van der Waals surface area contributed by atoms with Gasteiger partial charge in [0.1, 0.15) is 24.7 Å². The van der Waals surface area contributed by atoms with Gasteiger partial charge in [0.15, 0.2) is 0 Å². The van der Waals surface area contributed by atoms with Crippen molar-refractivity contribution >= 4 is 36.5 Å². The molecule has 2 aromatic carbocycles. The Morgan fingerprint density at radius 2 is 1.06 bits per heavy atom. The van der Waals surface area contributed by atoms with Crippen LogP contribution >= 0.6 is 24.8 Å². The maximum atomic E-state index is 5.89. The highest BCUT2D eigenvalue weighted by Gasteiger charge is 2.02. The number of likely N-dealkylation sites (N-methyl/N-ethyl adjacent to an activating group) is 2. The summed E-state index contributed by atoms with van der Waals surface area (Å²) < 4.78 is 11.8. The highest BCUT2D eigenvalue weighted by atomic mass is 35.5. The Kier molecular flexibility index (Phi) is 16.8. The summed E-state index contributed by atoms with van der Waals surface area (Å²) in [6.45, 7) is 18.5. The highest BCUT2D eigenvalue weighted by Crippen LogP contribution is 2.22. The SMILES string of the molecule is CCN(CC)CCOc1ccc(/C=C(\C)c2ccc(OCCN(CC)CC)cc2)cc1.Cl.Cl. The largest absolute Gasteiger partial charge is 0.492 e. The van der Waals surface area contributed by atoms with Crippen LogP contribution < -0.4 is 9.47 Å². The van der Waals surface area contributed by atoms with Crippen molar-refractivity contribution in [3.05, 3.63) is 59.7 Å². The summed E-state index contributed by atoms with van der Waals surface area (Å²) in [6, 6.07) is 16.7. The molecular formula is C27H42Cl2N2O2. The van der Waals surface area contributed by atoms with Gasteiger partial charge in [-0.1, -0.05) is 58.0 Å². The van der Waals surface area contributed by atoms with Crippen molar-refractivity contribution in [3.63, 3.8) is 0 Å². The second-order valence-electron chi connectivity index (χ2n) is 7.67. The number of rotatable bonds is 14. The molecule has 0 aliphatic carbocycles. The minimum absolute atomic E-state index is 0. The summed E-state index contributed by atoms with van der Waals surface area (Å²) in [6.07, 6.45) is 2.20. The Labute approximate surface area is 213 Å². The molecule has 0 spiro atoms. The fraction of sp³-hybridized carbons (Fsp3) is 0.481. The number of allylic oxidation sites excluding steroid dienone is 1. The van der Waals surface area contributed by atoms with Gasteiger partial charge >= 0.3 is 0 Å². The summed E-state index contributed by atoms with van der Waals surface area (Å²) >= 11 is 0. The topological polar surface area (TPSA) is 24.9 Å². The third-order valence-corrected chi connectivity index (χ3v) is 5.71. The predicted molar refractivity (Wildman–Crippen MR) is 147 cm³/mol. The zero-order chi connectivity index (χ0) is 22.5. The van der Waals surface area contributed by atoms with Gasteiger partial charge in [-0.25, -0.2) is 0 Å². The van der Waals surface area contributed by atoms with Crippen LogP contribution in [0.3, 0.4) is 0 Å². The number of hydrogen-bond acceptors (Lipinski definition) is 4. The van der Waals surface area contributed by atoms with E-state index in [1.807, 2.05) is 12.1 Å². The van der Waals surface area contributed by atoms with Gasteiger partial charge in [-0.05, 0) is 74.1 Å². The molecule has 2 rings (SSSR count). The van der Waals surface area contributed by atoms with E-state index in [1.165, 1.54) is 16.7 Å². The van der Waals surface area contributed by atoms with Crippen LogP contribution in [0.15, 0.2) is 48.5 Å². The van der Waals surface area contributed by atoms with Crippen LogP contribution in [-0.2, 0) is 0 Å². The second kappa shape index (κ2) is 17.7. The van der Waals surface area contributed by atoms with Gasteiger partial charge in [-0.3, -0.25) is 0 Å². The minimum Gasteiger partial charge on any atom is -0.492 e. The number of halogens is 2. The van der Waals surface area contributed by atoms with Crippen molar-refractivity contribution in [2.75, 3.05) is 52.5 Å². The Bertz CT molecular complexity index is 772. The minimum atomic E-state index is 0. The Morgan fingerprint density at radius 1 is 0.667 bits per heavy atom. The molecule has 0 heterocycles. The lowest BCUT2D eigenvalue weighted by molar-refractivity contribution is 0.223. The lowest BCUT2D eigenvalue weighted by Gasteiger charge is -2.18. The third kappa shape index (κ3) is 11.3. The predicted octanol–water partition coefficient (Wildman–Crippen LogP) is 6.53. The molecule has 33 heavy (non-hydrogen) atoms. The molecule has 0 atom stereocenters. The van der Waals surface area contributed by atoms with Gasteiger partial charge in [-0.15, -0.1) is 24.8 Å². The van der Waals surface area contributed by atoms with Crippen LogP contribution in [0.1, 0.15) is 45.7 Å². The fourth-order valence-corrected chi connectivity index (χ4v) is 3.47. The molecule has 0 aliphatic rings. The average Bonchev–Trinajstić information content (AvgIpc) is 2.81. The first-order valence-electron chi connectivity index (χ1n) is 11.7. The molecule has 0 N–H and O–H groups in total. The van der Waals surface area contributed by atoms with Crippen LogP contribution in [-0.4, -0.2) is 62.3 Å². The van der Waals surface area contributed by atoms with E-state index in [2.05, 4.69) is 86.9 Å². The Morgan fingerprint density at radius 3 is 1.45 bits per heavy atom. The van der Waals surface area contributed by atoms with E-state index in [0.29, 0.717) is 0 Å². The first-order valence-corrected chi connectivity index (χ1v) is 11.7. The molecule has 4 nitrogen and oxygen atoms in total. The molecule has 0 aromatic heterocycles. The van der Waals surface area contributed by atoms with Crippen LogP contribution in [0.25, 0.3) is 11.6 Å². The molecule has 0 bridgehead atoms. The highest BCUT2D eigenvalue weighted by molar-refractivity contribution is 5.85. The van der Waals surface area contributed by atoms with E-state index >= 15 is 0 Å². The summed E-state index contributed by atoms with van der Waals surface area (Å²) in [5, 5.41) is 0. The van der Waals surface area contributed by atoms with Crippen LogP contribution in [0.5, 0.6) is 11.5 Å². The fourth-order valence-electron chi connectivity index (χ4n) is 3.47. The summed E-state index contributed by atoms with van der Waals surface area (Å²) in [7, 11) is 0. The molecule has 0 saturated carbocycles. The Hall–Kier alpha value is -1.72. The standard InChI is InChI=1S/C27H40N2O2.2ClH/c1-6-28(7-2)18-20-30-26-14-10-24(11-15-26)22-23(5)25-12-16-27(17-13-25)31-21-19-29(8-3)9-4;;/h10-17,22H,6-9,18-21H2,1-5H3;2*1H/b23-22+;;. The molecule has 0 saturated heterocycles. The van der Waals surface area contributed by atoms with Crippen LogP contribution in [0.4, 0.5) is 0 Å².